The number of hydrogen-bond donors (Lipinski definition) is 0. The van der Waals surface area contributed by atoms with E-state index in [0.29, 0.717) is 5.56 Å². The van der Waals surface area contributed by atoms with Crippen LogP contribution in [0.25, 0.3) is 11.1 Å². The van der Waals surface area contributed by atoms with Gasteiger partial charge < -0.3 is 0 Å². The minimum Gasteiger partial charge on any atom is -0.207 e. The molecule has 0 amide bonds. The van der Waals surface area contributed by atoms with E-state index in [9.17, 15) is 12.8 Å². The van der Waals surface area contributed by atoms with Gasteiger partial charge in [0.25, 0.3) is 9.05 Å². The van der Waals surface area contributed by atoms with Gasteiger partial charge >= 0.3 is 0 Å². The van der Waals surface area contributed by atoms with Crippen LogP contribution in [0.1, 0.15) is 0 Å². The van der Waals surface area contributed by atoms with Crippen LogP contribution in [0, 0.1) is 5.82 Å². The van der Waals surface area contributed by atoms with Crippen LogP contribution >= 0.6 is 10.7 Å². The fourth-order valence-corrected chi connectivity index (χ4v) is 2.42. The first-order valence-electron chi connectivity index (χ1n) is 4.78. The fraction of sp³-hybridized carbons (Fsp3) is 0. The molecule has 2 rings (SSSR count). The van der Waals surface area contributed by atoms with Crippen LogP contribution in [0.4, 0.5) is 4.39 Å². The second kappa shape index (κ2) is 4.47. The van der Waals surface area contributed by atoms with Crippen LogP contribution in [0.3, 0.4) is 0 Å². The van der Waals surface area contributed by atoms with Crippen molar-refractivity contribution < 1.29 is 12.8 Å². The van der Waals surface area contributed by atoms with E-state index in [0.717, 1.165) is 11.6 Å². The third-order valence-corrected chi connectivity index (χ3v) is 3.64. The van der Waals surface area contributed by atoms with Crippen molar-refractivity contribution in [3.8, 4) is 11.1 Å². The molecule has 2 nitrogen and oxygen atoms in total. The SMILES string of the molecule is O=S(=O)(Cl)c1cc(-c2ccccc2)ccc1F. The highest BCUT2D eigenvalue weighted by atomic mass is 35.7. The Hall–Kier alpha value is -1.39. The molecule has 0 fully saturated rings. The van der Waals surface area contributed by atoms with E-state index >= 15 is 0 Å². The first-order chi connectivity index (χ1) is 7.98. The van der Waals surface area contributed by atoms with Gasteiger partial charge in [-0.2, -0.15) is 0 Å². The molecule has 0 aliphatic carbocycles. The summed E-state index contributed by atoms with van der Waals surface area (Å²) in [6, 6.07) is 12.9. The second-order valence-electron chi connectivity index (χ2n) is 3.45. The molecule has 0 atom stereocenters. The van der Waals surface area contributed by atoms with Gasteiger partial charge in [-0.25, -0.2) is 12.8 Å². The lowest BCUT2D eigenvalue weighted by atomic mass is 10.1. The number of rotatable bonds is 2. The molecule has 0 unspecified atom stereocenters. The molecular weight excluding hydrogens is 263 g/mol. The Morgan fingerprint density at radius 1 is 0.941 bits per heavy atom. The quantitative estimate of drug-likeness (QED) is 0.784. The maximum Gasteiger partial charge on any atom is 0.264 e. The van der Waals surface area contributed by atoms with Crippen molar-refractivity contribution >= 4 is 19.7 Å². The van der Waals surface area contributed by atoms with E-state index in [1.165, 1.54) is 12.1 Å². The van der Waals surface area contributed by atoms with E-state index < -0.39 is 19.8 Å². The summed E-state index contributed by atoms with van der Waals surface area (Å²) in [4.78, 5) is -0.500. The van der Waals surface area contributed by atoms with Crippen LogP contribution in [0.5, 0.6) is 0 Å². The Balaban J connectivity index is 2.61. The summed E-state index contributed by atoms with van der Waals surface area (Å²) in [5, 5.41) is 0. The lowest BCUT2D eigenvalue weighted by molar-refractivity contribution is 0.576. The average molecular weight is 271 g/mol. The molecule has 0 saturated heterocycles. The Morgan fingerprint density at radius 3 is 2.18 bits per heavy atom. The minimum absolute atomic E-state index is 0.500. The summed E-state index contributed by atoms with van der Waals surface area (Å²) in [6.07, 6.45) is 0. The molecular formula is C12H8ClFO2S. The largest absolute Gasteiger partial charge is 0.264 e. The van der Waals surface area contributed by atoms with Crippen molar-refractivity contribution in [2.75, 3.05) is 0 Å². The summed E-state index contributed by atoms with van der Waals surface area (Å²) in [6.45, 7) is 0. The Kier molecular flexibility index (Phi) is 3.17. The molecule has 0 aliphatic rings. The van der Waals surface area contributed by atoms with Crippen LogP contribution in [-0.2, 0) is 9.05 Å². The third-order valence-electron chi connectivity index (χ3n) is 2.30. The molecule has 0 spiro atoms. The molecule has 0 N–H and O–H groups in total. The van der Waals surface area contributed by atoms with Crippen molar-refractivity contribution in [2.24, 2.45) is 0 Å². The highest BCUT2D eigenvalue weighted by molar-refractivity contribution is 8.13. The molecule has 0 saturated carbocycles. The van der Waals surface area contributed by atoms with Crippen molar-refractivity contribution in [2.45, 2.75) is 4.90 Å². The zero-order valence-electron chi connectivity index (χ0n) is 8.60. The van der Waals surface area contributed by atoms with Crippen molar-refractivity contribution in [3.63, 3.8) is 0 Å². The Labute approximate surface area is 103 Å². The minimum atomic E-state index is -4.07. The standard InChI is InChI=1S/C12H8ClFO2S/c13-17(15,16)12-8-10(6-7-11(12)14)9-4-2-1-3-5-9/h1-8H. The van der Waals surface area contributed by atoms with Crippen LogP contribution in [0.2, 0.25) is 0 Å². The summed E-state index contributed by atoms with van der Waals surface area (Å²) >= 11 is 0. The van der Waals surface area contributed by atoms with Gasteiger partial charge in [-0.3, -0.25) is 0 Å². The first kappa shape index (κ1) is 12.1. The molecule has 5 heteroatoms. The van der Waals surface area contributed by atoms with Gasteiger partial charge in [0.05, 0.1) is 0 Å². The zero-order chi connectivity index (χ0) is 12.5. The maximum absolute atomic E-state index is 13.3. The molecule has 2 aromatic rings. The normalized spacial score (nSPS) is 11.4. The monoisotopic (exact) mass is 270 g/mol. The van der Waals surface area contributed by atoms with Crippen molar-refractivity contribution in [3.05, 3.63) is 54.3 Å². The second-order valence-corrected chi connectivity index (χ2v) is 5.98. The van der Waals surface area contributed by atoms with Gasteiger partial charge in [0.2, 0.25) is 0 Å². The molecule has 2 aromatic carbocycles. The van der Waals surface area contributed by atoms with E-state index in [1.807, 2.05) is 18.2 Å². The Bertz CT molecular complexity index is 639. The fourth-order valence-electron chi connectivity index (χ4n) is 1.50. The van der Waals surface area contributed by atoms with Gasteiger partial charge in [-0.05, 0) is 23.3 Å². The third kappa shape index (κ3) is 2.65. The van der Waals surface area contributed by atoms with E-state index in [1.54, 1.807) is 12.1 Å². The molecule has 0 heterocycles. The van der Waals surface area contributed by atoms with Gasteiger partial charge in [0.15, 0.2) is 0 Å². The highest BCUT2D eigenvalue weighted by Crippen LogP contribution is 2.26. The molecule has 0 bridgehead atoms. The number of halogens is 2. The van der Waals surface area contributed by atoms with Crippen LogP contribution in [-0.4, -0.2) is 8.42 Å². The van der Waals surface area contributed by atoms with E-state index in [4.69, 9.17) is 10.7 Å². The summed E-state index contributed by atoms with van der Waals surface area (Å²) < 4.78 is 35.6. The predicted octanol–water partition coefficient (Wildman–Crippen LogP) is 3.42. The van der Waals surface area contributed by atoms with Crippen LogP contribution < -0.4 is 0 Å². The molecule has 88 valence electrons. The van der Waals surface area contributed by atoms with Gasteiger partial charge in [0, 0.05) is 10.7 Å². The molecule has 0 aromatic heterocycles. The van der Waals surface area contributed by atoms with Crippen molar-refractivity contribution in [1.29, 1.82) is 0 Å². The van der Waals surface area contributed by atoms with Crippen molar-refractivity contribution in [1.82, 2.24) is 0 Å². The van der Waals surface area contributed by atoms with Gasteiger partial charge in [0.1, 0.15) is 10.7 Å². The molecule has 0 radical (unpaired) electrons. The smallest absolute Gasteiger partial charge is 0.207 e. The number of hydrogen-bond acceptors (Lipinski definition) is 2. The van der Waals surface area contributed by atoms with Gasteiger partial charge in [-0.1, -0.05) is 36.4 Å². The highest BCUT2D eigenvalue weighted by Gasteiger charge is 2.16. The average Bonchev–Trinajstić information content (AvgIpc) is 2.29. The Morgan fingerprint density at radius 2 is 1.59 bits per heavy atom. The predicted molar refractivity (Wildman–Crippen MR) is 64.9 cm³/mol. The molecule has 0 aliphatic heterocycles. The lowest BCUT2D eigenvalue weighted by Crippen LogP contribution is -1.95. The zero-order valence-corrected chi connectivity index (χ0v) is 10.2. The summed E-state index contributed by atoms with van der Waals surface area (Å²) in [5.41, 5.74) is 1.40. The number of benzene rings is 2. The van der Waals surface area contributed by atoms with Crippen LogP contribution in [0.15, 0.2) is 53.4 Å². The maximum atomic E-state index is 13.3. The van der Waals surface area contributed by atoms with E-state index in [2.05, 4.69) is 0 Å². The van der Waals surface area contributed by atoms with E-state index in [-0.39, 0.29) is 0 Å². The first-order valence-corrected chi connectivity index (χ1v) is 7.09. The summed E-state index contributed by atoms with van der Waals surface area (Å²) in [7, 11) is 1.09. The lowest BCUT2D eigenvalue weighted by Gasteiger charge is -2.04. The van der Waals surface area contributed by atoms with Gasteiger partial charge in [-0.15, -0.1) is 0 Å². The topological polar surface area (TPSA) is 34.1 Å². The molecule has 17 heavy (non-hydrogen) atoms. The summed E-state index contributed by atoms with van der Waals surface area (Å²) in [5.74, 6) is -0.848.